The number of aryl methyl sites for hydroxylation is 2. The van der Waals surface area contributed by atoms with Gasteiger partial charge < -0.3 is 24.5 Å². The van der Waals surface area contributed by atoms with Gasteiger partial charge in [-0.2, -0.15) is 13.2 Å². The van der Waals surface area contributed by atoms with Crippen LogP contribution in [0.1, 0.15) is 19.4 Å². The average molecular weight is 488 g/mol. The van der Waals surface area contributed by atoms with Gasteiger partial charge in [0, 0.05) is 39.4 Å². The molecule has 0 bridgehead atoms. The van der Waals surface area contributed by atoms with Gasteiger partial charge in [0.2, 0.25) is 11.9 Å². The number of hydrogen-bond donors (Lipinski definition) is 2. The van der Waals surface area contributed by atoms with Crippen molar-refractivity contribution in [3.8, 4) is 5.75 Å². The summed E-state index contributed by atoms with van der Waals surface area (Å²) in [6.45, 7) is 6.48. The lowest BCUT2D eigenvalue weighted by molar-refractivity contribution is -0.138. The number of alkyl halides is 3. The molecule has 0 fully saturated rings. The number of pyridine rings is 1. The second-order valence-corrected chi connectivity index (χ2v) is 7.49. The van der Waals surface area contributed by atoms with Gasteiger partial charge in [0.15, 0.2) is 0 Å². The van der Waals surface area contributed by atoms with E-state index in [0.29, 0.717) is 22.5 Å². The zero-order valence-corrected chi connectivity index (χ0v) is 19.4. The molecule has 0 unspecified atom stereocenters. The van der Waals surface area contributed by atoms with Crippen LogP contribution in [0.5, 0.6) is 5.75 Å². The minimum absolute atomic E-state index is 0.170. The van der Waals surface area contributed by atoms with Gasteiger partial charge in [-0.15, -0.1) is 0 Å². The number of amides is 1. The minimum atomic E-state index is -4.61. The maximum Gasteiger partial charge on any atom is 0.417 e. The third kappa shape index (κ3) is 5.78. The molecule has 0 aliphatic heterocycles. The molecule has 9 nitrogen and oxygen atoms in total. The van der Waals surface area contributed by atoms with Gasteiger partial charge in [-0.3, -0.25) is 9.59 Å². The Kier molecular flexibility index (Phi) is 7.13. The molecule has 2 heterocycles. The molecule has 35 heavy (non-hydrogen) atoms. The second-order valence-electron chi connectivity index (χ2n) is 7.49. The van der Waals surface area contributed by atoms with Crippen LogP contribution in [0.2, 0.25) is 0 Å². The molecule has 184 valence electrons. The minimum Gasteiger partial charge on any atom is -0.458 e. The first-order valence-electron chi connectivity index (χ1n) is 10.2. The number of aromatic nitrogens is 3. The molecular formula is C23H23F3N6O3. The second kappa shape index (κ2) is 9.87. The van der Waals surface area contributed by atoms with E-state index < -0.39 is 17.3 Å². The Morgan fingerprint density at radius 3 is 2.57 bits per heavy atom. The predicted molar refractivity (Wildman–Crippen MR) is 127 cm³/mol. The van der Waals surface area contributed by atoms with Gasteiger partial charge in [0.1, 0.15) is 23.0 Å². The molecule has 0 aliphatic carbocycles. The molecule has 1 aromatic carbocycles. The largest absolute Gasteiger partial charge is 0.458 e. The fourth-order valence-electron chi connectivity index (χ4n) is 3.17. The summed E-state index contributed by atoms with van der Waals surface area (Å²) < 4.78 is 47.9. The molecule has 12 heteroatoms. The first-order valence-corrected chi connectivity index (χ1v) is 10.2. The van der Waals surface area contributed by atoms with E-state index in [1.165, 1.54) is 20.0 Å². The standard InChI is InChI=1S/C23H23F3N6O3/c1-6-15(11-20(27-3)28-13(2)33)35-16-7-8-17-19(10-16)32(5)22(29-17)30-18-9-14(23(24,25)26)12-31(4)21(18)34/h6-12H,3H2,1-2,4-5H3,(H,28,33)(H,29,30)/b15-6+,20-11+. The summed E-state index contributed by atoms with van der Waals surface area (Å²) in [5, 5.41) is 5.22. The van der Waals surface area contributed by atoms with Gasteiger partial charge in [-0.1, -0.05) is 0 Å². The summed E-state index contributed by atoms with van der Waals surface area (Å²) in [5.74, 6) is 0.877. The van der Waals surface area contributed by atoms with Crippen LogP contribution >= 0.6 is 0 Å². The van der Waals surface area contributed by atoms with E-state index in [2.05, 4.69) is 27.3 Å². The number of carbonyl (C=O) groups is 1. The number of fused-ring (bicyclic) bond motifs is 1. The SMILES string of the molecule is C=N/C(=C\C(=C/C)Oc1ccc2nc(Nc3cc(C(F)(F)F)cn(C)c3=O)n(C)c2c1)NC(C)=O. The molecule has 0 atom stereocenters. The summed E-state index contributed by atoms with van der Waals surface area (Å²) >= 11 is 0. The van der Waals surface area contributed by atoms with Crippen molar-refractivity contribution < 1.29 is 22.7 Å². The van der Waals surface area contributed by atoms with E-state index in [0.717, 1.165) is 16.8 Å². The van der Waals surface area contributed by atoms with Gasteiger partial charge in [-0.05, 0) is 37.9 Å². The maximum absolute atomic E-state index is 13.2. The Hall–Kier alpha value is -4.35. The first kappa shape index (κ1) is 25.3. The average Bonchev–Trinajstić information content (AvgIpc) is 3.09. The van der Waals surface area contributed by atoms with E-state index in [4.69, 9.17) is 4.74 Å². The van der Waals surface area contributed by atoms with Crippen LogP contribution < -0.4 is 20.9 Å². The number of carbonyl (C=O) groups excluding carboxylic acids is 1. The molecule has 0 aliphatic rings. The number of rotatable bonds is 7. The summed E-state index contributed by atoms with van der Waals surface area (Å²) in [4.78, 5) is 31.8. The van der Waals surface area contributed by atoms with E-state index in [1.54, 1.807) is 42.8 Å². The summed E-state index contributed by atoms with van der Waals surface area (Å²) in [6, 6.07) is 5.74. The quantitative estimate of drug-likeness (QED) is 0.297. The molecule has 3 rings (SSSR count). The monoisotopic (exact) mass is 488 g/mol. The Balaban J connectivity index is 1.94. The zero-order valence-electron chi connectivity index (χ0n) is 19.4. The van der Waals surface area contributed by atoms with Gasteiger partial charge in [0.05, 0.1) is 16.6 Å². The fraction of sp³-hybridized carbons (Fsp3) is 0.217. The van der Waals surface area contributed by atoms with Crippen molar-refractivity contribution in [1.29, 1.82) is 0 Å². The first-order chi connectivity index (χ1) is 16.4. The number of nitrogens with one attached hydrogen (secondary N) is 2. The van der Waals surface area contributed by atoms with E-state index in [1.807, 2.05) is 0 Å². The molecule has 2 aromatic heterocycles. The Bertz CT molecular complexity index is 1420. The molecule has 1 amide bonds. The number of halogens is 3. The van der Waals surface area contributed by atoms with Gasteiger partial charge in [-0.25, -0.2) is 9.98 Å². The number of nitrogens with zero attached hydrogens (tertiary/aromatic N) is 4. The molecule has 0 radical (unpaired) electrons. The zero-order chi connectivity index (χ0) is 25.9. The smallest absolute Gasteiger partial charge is 0.417 e. The topological polar surface area (TPSA) is 103 Å². The number of aliphatic imine (C=N–C) groups is 1. The van der Waals surface area contributed by atoms with E-state index in [-0.39, 0.29) is 23.4 Å². The maximum atomic E-state index is 13.2. The van der Waals surface area contributed by atoms with Crippen LogP contribution in [0.25, 0.3) is 11.0 Å². The van der Waals surface area contributed by atoms with Gasteiger partial charge in [0.25, 0.3) is 5.56 Å². The molecule has 0 saturated carbocycles. The van der Waals surface area contributed by atoms with Crippen molar-refractivity contribution in [2.24, 2.45) is 19.1 Å². The Morgan fingerprint density at radius 1 is 1.26 bits per heavy atom. The number of benzene rings is 1. The lowest BCUT2D eigenvalue weighted by atomic mass is 10.2. The summed E-state index contributed by atoms with van der Waals surface area (Å²) in [7, 11) is 2.89. The number of allylic oxidation sites excluding steroid dienone is 2. The molecule has 2 N–H and O–H groups in total. The van der Waals surface area contributed by atoms with Crippen LogP contribution in [0.15, 0.2) is 64.0 Å². The Morgan fingerprint density at radius 2 is 1.97 bits per heavy atom. The normalized spacial score (nSPS) is 12.5. The number of anilines is 2. The van der Waals surface area contributed by atoms with E-state index >= 15 is 0 Å². The highest BCUT2D eigenvalue weighted by Gasteiger charge is 2.32. The Labute approximate surface area is 198 Å². The molecule has 3 aromatic rings. The van der Waals surface area contributed by atoms with Crippen molar-refractivity contribution in [3.63, 3.8) is 0 Å². The lowest BCUT2D eigenvalue weighted by Crippen LogP contribution is -2.23. The van der Waals surface area contributed by atoms with Crippen LogP contribution in [0.4, 0.5) is 24.8 Å². The van der Waals surface area contributed by atoms with Crippen LogP contribution in [0, 0.1) is 0 Å². The van der Waals surface area contributed by atoms with E-state index in [9.17, 15) is 22.8 Å². The van der Waals surface area contributed by atoms with Crippen LogP contribution in [-0.4, -0.2) is 26.7 Å². The molecule has 0 saturated heterocycles. The highest BCUT2D eigenvalue weighted by atomic mass is 19.4. The van der Waals surface area contributed by atoms with Crippen molar-refractivity contribution in [3.05, 3.63) is 70.1 Å². The number of hydrogen-bond acceptors (Lipinski definition) is 6. The predicted octanol–water partition coefficient (Wildman–Crippen LogP) is 4.00. The molecular weight excluding hydrogens is 465 g/mol. The van der Waals surface area contributed by atoms with Crippen molar-refractivity contribution in [2.45, 2.75) is 20.0 Å². The van der Waals surface area contributed by atoms with Crippen LogP contribution in [0.3, 0.4) is 0 Å². The third-order valence-electron chi connectivity index (χ3n) is 4.88. The number of ether oxygens (including phenoxy) is 1. The highest BCUT2D eigenvalue weighted by Crippen LogP contribution is 2.31. The van der Waals surface area contributed by atoms with Crippen molar-refractivity contribution in [2.75, 3.05) is 5.32 Å². The third-order valence-corrected chi connectivity index (χ3v) is 4.88. The fourth-order valence-corrected chi connectivity index (χ4v) is 3.17. The molecule has 0 spiro atoms. The lowest BCUT2D eigenvalue weighted by Gasteiger charge is -2.12. The summed E-state index contributed by atoms with van der Waals surface area (Å²) in [6.07, 6.45) is -0.714. The van der Waals surface area contributed by atoms with Crippen molar-refractivity contribution >= 4 is 35.3 Å². The number of imidazole rings is 1. The van der Waals surface area contributed by atoms with Crippen LogP contribution in [-0.2, 0) is 25.1 Å². The van der Waals surface area contributed by atoms with Crippen molar-refractivity contribution in [1.82, 2.24) is 19.4 Å². The van der Waals surface area contributed by atoms with Gasteiger partial charge >= 0.3 is 6.18 Å². The summed E-state index contributed by atoms with van der Waals surface area (Å²) in [5.41, 5.74) is -0.742. The highest BCUT2D eigenvalue weighted by molar-refractivity contribution is 5.81.